The molecule has 1 aromatic carbocycles. The number of hydrogen-bond donors (Lipinski definition) is 2. The molecular weight excluding hydrogens is 371 g/mol. The second-order valence-corrected chi connectivity index (χ2v) is 7.53. The van der Waals surface area contributed by atoms with Crippen LogP contribution in [0.15, 0.2) is 33.2 Å². The van der Waals surface area contributed by atoms with E-state index < -0.39 is 0 Å². The maximum atomic E-state index is 13.9. The third-order valence-corrected chi connectivity index (χ3v) is 5.16. The molecule has 0 saturated carbocycles. The molecule has 0 fully saturated rings. The number of aromatic hydroxyl groups is 1. The quantitative estimate of drug-likeness (QED) is 0.771. The largest absolute Gasteiger partial charge is 0.507 e. The summed E-state index contributed by atoms with van der Waals surface area (Å²) in [4.78, 5) is 12.5. The van der Waals surface area contributed by atoms with Gasteiger partial charge in [0.05, 0.1) is 14.4 Å². The van der Waals surface area contributed by atoms with E-state index in [1.807, 2.05) is 6.92 Å². The normalized spacial score (nSPS) is 18.5. The van der Waals surface area contributed by atoms with Crippen molar-refractivity contribution in [3.05, 3.63) is 49.9 Å². The number of nitrogens with zero attached hydrogens (tertiary/aromatic N) is 1. The molecular formula is C15H12BrFN2O2S. The molecule has 1 atom stereocenters. The lowest BCUT2D eigenvalue weighted by Crippen LogP contribution is -2.18. The molecule has 1 aliphatic carbocycles. The van der Waals surface area contributed by atoms with E-state index in [1.165, 1.54) is 23.5 Å². The molecule has 7 heteroatoms. The van der Waals surface area contributed by atoms with Gasteiger partial charge in [0, 0.05) is 11.1 Å². The number of hydrazone groups is 1. The number of benzene rings is 1. The first kappa shape index (κ1) is 15.2. The predicted octanol–water partition coefficient (Wildman–Crippen LogP) is 4.00. The molecule has 0 unspecified atom stereocenters. The van der Waals surface area contributed by atoms with Gasteiger partial charge in [-0.15, -0.1) is 11.3 Å². The Kier molecular flexibility index (Phi) is 4.01. The molecule has 0 saturated heterocycles. The summed E-state index contributed by atoms with van der Waals surface area (Å²) in [5.74, 6) is -0.805. The minimum absolute atomic E-state index is 0.0207. The molecule has 0 radical (unpaired) electrons. The molecule has 0 bridgehead atoms. The number of amides is 1. The zero-order chi connectivity index (χ0) is 15.9. The van der Waals surface area contributed by atoms with Crippen LogP contribution in [0.2, 0.25) is 0 Å². The Balaban J connectivity index is 1.89. The second kappa shape index (κ2) is 5.81. The first-order valence-corrected chi connectivity index (χ1v) is 8.22. The maximum absolute atomic E-state index is 13.9. The SMILES string of the molecule is C[C@H]1C/C(=N\NC(=O)c2ccc(Br)s2)c2c(O)ccc(F)c21. The first-order chi connectivity index (χ1) is 10.5. The highest BCUT2D eigenvalue weighted by Gasteiger charge is 2.30. The Morgan fingerprint density at radius 3 is 2.91 bits per heavy atom. The number of phenolic OH excluding ortho intramolecular Hbond substituents is 1. The van der Waals surface area contributed by atoms with E-state index in [-0.39, 0.29) is 23.4 Å². The van der Waals surface area contributed by atoms with E-state index in [0.717, 1.165) is 3.79 Å². The van der Waals surface area contributed by atoms with Gasteiger partial charge >= 0.3 is 0 Å². The van der Waals surface area contributed by atoms with Crippen LogP contribution in [0, 0.1) is 5.82 Å². The van der Waals surface area contributed by atoms with Gasteiger partial charge < -0.3 is 5.11 Å². The molecule has 3 rings (SSSR count). The predicted molar refractivity (Wildman–Crippen MR) is 87.1 cm³/mol. The van der Waals surface area contributed by atoms with Crippen LogP contribution in [-0.4, -0.2) is 16.7 Å². The van der Waals surface area contributed by atoms with Crippen molar-refractivity contribution in [2.75, 3.05) is 0 Å². The number of rotatable bonds is 2. The average Bonchev–Trinajstić information content (AvgIpc) is 3.05. The highest BCUT2D eigenvalue weighted by Crippen LogP contribution is 2.39. The number of halogens is 2. The molecule has 0 aliphatic heterocycles. The summed E-state index contributed by atoms with van der Waals surface area (Å²) in [6.07, 6.45) is 0.470. The van der Waals surface area contributed by atoms with Crippen molar-refractivity contribution in [2.45, 2.75) is 19.3 Å². The average molecular weight is 383 g/mol. The number of phenols is 1. The van der Waals surface area contributed by atoms with E-state index in [2.05, 4.69) is 26.5 Å². The van der Waals surface area contributed by atoms with Crippen molar-refractivity contribution in [1.29, 1.82) is 0 Å². The molecule has 2 N–H and O–H groups in total. The molecule has 4 nitrogen and oxygen atoms in total. The van der Waals surface area contributed by atoms with E-state index >= 15 is 0 Å². The second-order valence-electron chi connectivity index (χ2n) is 5.06. The number of hydrogen-bond acceptors (Lipinski definition) is 4. The molecule has 1 amide bonds. The number of carbonyl (C=O) groups is 1. The number of thiophene rings is 1. The Morgan fingerprint density at radius 2 is 2.23 bits per heavy atom. The first-order valence-electron chi connectivity index (χ1n) is 6.61. The molecule has 0 spiro atoms. The molecule has 22 heavy (non-hydrogen) atoms. The minimum Gasteiger partial charge on any atom is -0.507 e. The van der Waals surface area contributed by atoms with Crippen molar-refractivity contribution in [1.82, 2.24) is 5.43 Å². The van der Waals surface area contributed by atoms with Crippen LogP contribution >= 0.6 is 27.3 Å². The Hall–Kier alpha value is -1.73. The van der Waals surface area contributed by atoms with Crippen molar-refractivity contribution in [3.63, 3.8) is 0 Å². The monoisotopic (exact) mass is 382 g/mol. The Morgan fingerprint density at radius 1 is 1.45 bits per heavy atom. The summed E-state index contributed by atoms with van der Waals surface area (Å²) in [6.45, 7) is 1.86. The highest BCUT2D eigenvalue weighted by atomic mass is 79.9. The van der Waals surface area contributed by atoms with E-state index in [9.17, 15) is 14.3 Å². The van der Waals surface area contributed by atoms with Crippen LogP contribution in [0.25, 0.3) is 0 Å². The van der Waals surface area contributed by atoms with Crippen molar-refractivity contribution < 1.29 is 14.3 Å². The van der Waals surface area contributed by atoms with Crippen molar-refractivity contribution in [3.8, 4) is 5.75 Å². The Labute approximate surface area is 138 Å². The number of carbonyl (C=O) groups excluding carboxylic acids is 1. The van der Waals surface area contributed by atoms with E-state index in [1.54, 1.807) is 12.1 Å². The van der Waals surface area contributed by atoms with Gasteiger partial charge in [0.1, 0.15) is 11.6 Å². The summed E-state index contributed by atoms with van der Waals surface area (Å²) in [5, 5.41) is 14.0. The van der Waals surface area contributed by atoms with Gasteiger partial charge in [-0.3, -0.25) is 4.79 Å². The molecule has 1 aliphatic rings. The van der Waals surface area contributed by atoms with Crippen LogP contribution in [0.1, 0.15) is 40.1 Å². The minimum atomic E-state index is -0.362. The lowest BCUT2D eigenvalue weighted by Gasteiger charge is -2.06. The summed E-state index contributed by atoms with van der Waals surface area (Å²) in [5.41, 5.74) is 3.80. The zero-order valence-electron chi connectivity index (χ0n) is 11.6. The lowest BCUT2D eigenvalue weighted by molar-refractivity contribution is 0.0959. The van der Waals surface area contributed by atoms with Crippen molar-refractivity contribution >= 4 is 38.9 Å². The van der Waals surface area contributed by atoms with Gasteiger partial charge in [0.15, 0.2) is 0 Å². The summed E-state index contributed by atoms with van der Waals surface area (Å²) in [6, 6.07) is 6.02. The van der Waals surface area contributed by atoms with Gasteiger partial charge in [0.25, 0.3) is 5.91 Å². The fraction of sp³-hybridized carbons (Fsp3) is 0.200. The Bertz CT molecular complexity index is 788. The topological polar surface area (TPSA) is 61.7 Å². The van der Waals surface area contributed by atoms with Gasteiger partial charge in [-0.2, -0.15) is 5.10 Å². The highest BCUT2D eigenvalue weighted by molar-refractivity contribution is 9.11. The fourth-order valence-electron chi connectivity index (χ4n) is 2.57. The smallest absolute Gasteiger partial charge is 0.281 e. The van der Waals surface area contributed by atoms with E-state index in [0.29, 0.717) is 28.1 Å². The maximum Gasteiger partial charge on any atom is 0.281 e. The molecule has 1 heterocycles. The number of fused-ring (bicyclic) bond motifs is 1. The summed E-state index contributed by atoms with van der Waals surface area (Å²) in [7, 11) is 0. The van der Waals surface area contributed by atoms with Crippen LogP contribution in [0.4, 0.5) is 4.39 Å². The van der Waals surface area contributed by atoms with Gasteiger partial charge in [0.2, 0.25) is 0 Å². The molecule has 2 aromatic rings. The van der Waals surface area contributed by atoms with Crippen LogP contribution in [0.3, 0.4) is 0 Å². The lowest BCUT2D eigenvalue weighted by atomic mass is 10.0. The van der Waals surface area contributed by atoms with Gasteiger partial charge in [-0.25, -0.2) is 9.82 Å². The summed E-state index contributed by atoms with van der Waals surface area (Å²) < 4.78 is 14.8. The van der Waals surface area contributed by atoms with Gasteiger partial charge in [-0.05, 0) is 52.5 Å². The van der Waals surface area contributed by atoms with Crippen LogP contribution in [0.5, 0.6) is 5.75 Å². The fourth-order valence-corrected chi connectivity index (χ4v) is 3.85. The van der Waals surface area contributed by atoms with Crippen LogP contribution in [-0.2, 0) is 0 Å². The molecule has 1 aromatic heterocycles. The third kappa shape index (κ3) is 2.66. The van der Waals surface area contributed by atoms with E-state index in [4.69, 9.17) is 0 Å². The van der Waals surface area contributed by atoms with Crippen molar-refractivity contribution in [2.24, 2.45) is 5.10 Å². The zero-order valence-corrected chi connectivity index (χ0v) is 14.0. The standard InChI is InChI=1S/C15H12BrFN2O2S/c1-7-6-9(14-10(20)3-2-8(17)13(7)14)18-19-15(21)11-4-5-12(16)22-11/h2-5,7,20H,6H2,1H3,(H,19,21)/b18-9+/t7-/m0/s1. The third-order valence-electron chi connectivity index (χ3n) is 3.54. The number of nitrogens with one attached hydrogen (secondary N) is 1. The van der Waals surface area contributed by atoms with Crippen LogP contribution < -0.4 is 5.43 Å². The molecule has 114 valence electrons. The van der Waals surface area contributed by atoms with Gasteiger partial charge in [-0.1, -0.05) is 6.92 Å². The summed E-state index contributed by atoms with van der Waals surface area (Å²) >= 11 is 4.59.